The molecule has 0 heterocycles. The van der Waals surface area contributed by atoms with E-state index in [4.69, 9.17) is 4.74 Å². The first-order valence-electron chi connectivity index (χ1n) is 6.23. The number of allylic oxidation sites excluding steroid dienone is 1. The maximum absolute atomic E-state index is 11.3. The fourth-order valence-electron chi connectivity index (χ4n) is 2.59. The van der Waals surface area contributed by atoms with Crippen LogP contribution in [0.25, 0.3) is 6.08 Å². The van der Waals surface area contributed by atoms with Crippen LogP contribution in [0.4, 0.5) is 0 Å². The van der Waals surface area contributed by atoms with Crippen molar-refractivity contribution >= 4 is 12.4 Å². The van der Waals surface area contributed by atoms with Gasteiger partial charge in [-0.05, 0) is 28.8 Å². The van der Waals surface area contributed by atoms with Crippen molar-refractivity contribution in [1.82, 2.24) is 0 Å². The van der Waals surface area contributed by atoms with Crippen LogP contribution in [0.2, 0.25) is 0 Å². The molecule has 2 aromatic carbocycles. The minimum atomic E-state index is 0.155. The van der Waals surface area contributed by atoms with E-state index < -0.39 is 0 Å². The SMILES string of the molecule is COc1ccc(C2C=Cc3ccccc32)c(C=O)c1. The van der Waals surface area contributed by atoms with Crippen molar-refractivity contribution in [3.63, 3.8) is 0 Å². The summed E-state index contributed by atoms with van der Waals surface area (Å²) in [6.07, 6.45) is 5.14. The molecule has 0 spiro atoms. The molecule has 94 valence electrons. The summed E-state index contributed by atoms with van der Waals surface area (Å²) in [7, 11) is 1.61. The molecule has 0 saturated carbocycles. The van der Waals surface area contributed by atoms with Crippen LogP contribution < -0.4 is 4.74 Å². The van der Waals surface area contributed by atoms with E-state index in [0.29, 0.717) is 11.3 Å². The Kier molecular flexibility index (Phi) is 2.92. The van der Waals surface area contributed by atoms with Crippen molar-refractivity contribution in [2.24, 2.45) is 0 Å². The number of methoxy groups -OCH3 is 1. The fourth-order valence-corrected chi connectivity index (χ4v) is 2.59. The smallest absolute Gasteiger partial charge is 0.150 e. The minimum Gasteiger partial charge on any atom is -0.497 e. The zero-order chi connectivity index (χ0) is 13.2. The monoisotopic (exact) mass is 250 g/mol. The first kappa shape index (κ1) is 11.7. The number of benzene rings is 2. The van der Waals surface area contributed by atoms with E-state index in [0.717, 1.165) is 11.8 Å². The van der Waals surface area contributed by atoms with Gasteiger partial charge in [-0.3, -0.25) is 4.79 Å². The van der Waals surface area contributed by atoms with Gasteiger partial charge in [0, 0.05) is 11.5 Å². The quantitative estimate of drug-likeness (QED) is 0.777. The molecule has 2 heteroatoms. The second kappa shape index (κ2) is 4.73. The van der Waals surface area contributed by atoms with Crippen LogP contribution in [-0.2, 0) is 0 Å². The number of rotatable bonds is 3. The lowest BCUT2D eigenvalue weighted by atomic mass is 9.90. The maximum atomic E-state index is 11.3. The van der Waals surface area contributed by atoms with Gasteiger partial charge in [-0.2, -0.15) is 0 Å². The Hall–Kier alpha value is -2.35. The van der Waals surface area contributed by atoms with Gasteiger partial charge in [0.1, 0.15) is 12.0 Å². The fraction of sp³-hybridized carbons (Fsp3) is 0.118. The molecule has 19 heavy (non-hydrogen) atoms. The van der Waals surface area contributed by atoms with E-state index in [1.54, 1.807) is 13.2 Å². The summed E-state index contributed by atoms with van der Waals surface area (Å²) in [5, 5.41) is 0. The van der Waals surface area contributed by atoms with Crippen molar-refractivity contribution in [3.05, 3.63) is 70.8 Å². The highest BCUT2D eigenvalue weighted by molar-refractivity contribution is 5.80. The Balaban J connectivity index is 2.09. The van der Waals surface area contributed by atoms with Gasteiger partial charge in [-0.25, -0.2) is 0 Å². The van der Waals surface area contributed by atoms with Gasteiger partial charge in [-0.1, -0.05) is 42.5 Å². The van der Waals surface area contributed by atoms with Crippen molar-refractivity contribution in [2.75, 3.05) is 7.11 Å². The van der Waals surface area contributed by atoms with Gasteiger partial charge in [-0.15, -0.1) is 0 Å². The molecule has 0 aliphatic heterocycles. The molecule has 1 aliphatic rings. The maximum Gasteiger partial charge on any atom is 0.150 e. The zero-order valence-electron chi connectivity index (χ0n) is 10.7. The summed E-state index contributed by atoms with van der Waals surface area (Å²) in [4.78, 5) is 11.3. The molecule has 0 saturated heterocycles. The van der Waals surface area contributed by atoms with Crippen molar-refractivity contribution < 1.29 is 9.53 Å². The minimum absolute atomic E-state index is 0.155. The molecular formula is C17H14O2. The average Bonchev–Trinajstić information content (AvgIpc) is 2.90. The Morgan fingerprint density at radius 3 is 2.74 bits per heavy atom. The lowest BCUT2D eigenvalue weighted by molar-refractivity contribution is 0.112. The van der Waals surface area contributed by atoms with Crippen LogP contribution >= 0.6 is 0 Å². The summed E-state index contributed by atoms with van der Waals surface area (Å²) < 4.78 is 5.17. The van der Waals surface area contributed by atoms with E-state index in [2.05, 4.69) is 24.3 Å². The second-order valence-corrected chi connectivity index (χ2v) is 4.58. The number of carbonyl (C=O) groups is 1. The van der Waals surface area contributed by atoms with E-state index in [1.807, 2.05) is 24.3 Å². The Morgan fingerprint density at radius 1 is 1.11 bits per heavy atom. The van der Waals surface area contributed by atoms with Crippen molar-refractivity contribution in [2.45, 2.75) is 5.92 Å². The summed E-state index contributed by atoms with van der Waals surface area (Å²) in [5.41, 5.74) is 4.18. The lowest BCUT2D eigenvalue weighted by Crippen LogP contribution is -2.01. The summed E-state index contributed by atoms with van der Waals surface area (Å²) >= 11 is 0. The Bertz CT molecular complexity index is 656. The summed E-state index contributed by atoms with van der Waals surface area (Å²) in [6.45, 7) is 0. The predicted molar refractivity (Wildman–Crippen MR) is 75.7 cm³/mol. The van der Waals surface area contributed by atoms with Crippen LogP contribution in [-0.4, -0.2) is 13.4 Å². The predicted octanol–water partition coefficient (Wildman–Crippen LogP) is 3.67. The summed E-state index contributed by atoms with van der Waals surface area (Å²) in [5.74, 6) is 0.864. The first-order valence-corrected chi connectivity index (χ1v) is 6.23. The van der Waals surface area contributed by atoms with Gasteiger partial charge >= 0.3 is 0 Å². The molecule has 0 aromatic heterocycles. The zero-order valence-corrected chi connectivity index (χ0v) is 10.7. The summed E-state index contributed by atoms with van der Waals surface area (Å²) in [6, 6.07) is 13.9. The molecule has 3 rings (SSSR count). The molecule has 0 bridgehead atoms. The molecule has 1 unspecified atom stereocenters. The third kappa shape index (κ3) is 1.95. The number of hydrogen-bond acceptors (Lipinski definition) is 2. The Morgan fingerprint density at radius 2 is 1.95 bits per heavy atom. The van der Waals surface area contributed by atoms with E-state index >= 15 is 0 Å². The van der Waals surface area contributed by atoms with Gasteiger partial charge in [0.05, 0.1) is 7.11 Å². The molecular weight excluding hydrogens is 236 g/mol. The van der Waals surface area contributed by atoms with Gasteiger partial charge in [0.15, 0.2) is 0 Å². The van der Waals surface area contributed by atoms with Crippen LogP contribution in [0.1, 0.15) is 33.0 Å². The molecule has 0 amide bonds. The molecule has 0 N–H and O–H groups in total. The number of hydrogen-bond donors (Lipinski definition) is 0. The Labute approximate surface area is 112 Å². The largest absolute Gasteiger partial charge is 0.497 e. The highest BCUT2D eigenvalue weighted by atomic mass is 16.5. The molecule has 1 aliphatic carbocycles. The number of ether oxygens (including phenoxy) is 1. The normalized spacial score (nSPS) is 16.2. The lowest BCUT2D eigenvalue weighted by Gasteiger charge is -2.14. The molecule has 1 atom stereocenters. The van der Waals surface area contributed by atoms with E-state index in [1.165, 1.54) is 11.1 Å². The number of fused-ring (bicyclic) bond motifs is 1. The van der Waals surface area contributed by atoms with Crippen LogP contribution in [0.15, 0.2) is 48.5 Å². The second-order valence-electron chi connectivity index (χ2n) is 4.58. The van der Waals surface area contributed by atoms with E-state index in [-0.39, 0.29) is 5.92 Å². The van der Waals surface area contributed by atoms with Crippen molar-refractivity contribution in [1.29, 1.82) is 0 Å². The highest BCUT2D eigenvalue weighted by Gasteiger charge is 2.21. The average molecular weight is 250 g/mol. The van der Waals surface area contributed by atoms with Gasteiger partial charge < -0.3 is 4.74 Å². The van der Waals surface area contributed by atoms with Crippen molar-refractivity contribution in [3.8, 4) is 5.75 Å². The highest BCUT2D eigenvalue weighted by Crippen LogP contribution is 2.37. The van der Waals surface area contributed by atoms with E-state index in [9.17, 15) is 4.79 Å². The van der Waals surface area contributed by atoms with Gasteiger partial charge in [0.2, 0.25) is 0 Å². The van der Waals surface area contributed by atoms with Crippen LogP contribution in [0.3, 0.4) is 0 Å². The number of carbonyl (C=O) groups excluding carboxylic acids is 1. The first-order chi connectivity index (χ1) is 9.33. The third-order valence-corrected chi connectivity index (χ3v) is 3.56. The standard InChI is InChI=1S/C17H14O2/c1-19-14-7-9-16(13(10-14)11-18)17-8-6-12-4-2-3-5-15(12)17/h2-11,17H,1H3. The van der Waals surface area contributed by atoms with Gasteiger partial charge in [0.25, 0.3) is 0 Å². The van der Waals surface area contributed by atoms with Crippen LogP contribution in [0.5, 0.6) is 5.75 Å². The third-order valence-electron chi connectivity index (χ3n) is 3.56. The van der Waals surface area contributed by atoms with Crippen LogP contribution in [0, 0.1) is 0 Å². The number of aldehydes is 1. The molecule has 2 aromatic rings. The topological polar surface area (TPSA) is 26.3 Å². The molecule has 2 nitrogen and oxygen atoms in total. The molecule has 0 fully saturated rings. The molecule has 0 radical (unpaired) electrons.